The van der Waals surface area contributed by atoms with Crippen LogP contribution in [0.25, 0.3) is 33.7 Å². The normalized spacial score (nSPS) is 15.9. The number of allylic oxidation sites excluding steroid dienone is 1. The number of ether oxygens (including phenoxy) is 2. The number of imidazole rings is 1. The van der Waals surface area contributed by atoms with Crippen molar-refractivity contribution in [1.29, 1.82) is 0 Å². The van der Waals surface area contributed by atoms with Gasteiger partial charge in [-0.05, 0) is 45.6 Å². The fraction of sp³-hybridized carbons (Fsp3) is 0.312. The molecule has 0 atom stereocenters. The summed E-state index contributed by atoms with van der Waals surface area (Å²) in [6.07, 6.45) is 6.36. The molecular weight excluding hydrogens is 502 g/mol. The highest BCUT2D eigenvalue weighted by molar-refractivity contribution is 6.14. The van der Waals surface area contributed by atoms with Gasteiger partial charge in [0.15, 0.2) is 5.65 Å². The number of hydrogen-bond donors (Lipinski definition) is 1. The number of rotatable bonds is 6. The molecule has 0 radical (unpaired) electrons. The Morgan fingerprint density at radius 1 is 1.02 bits per heavy atom. The Kier molecular flexibility index (Phi) is 6.41. The maximum atomic E-state index is 12.6. The van der Waals surface area contributed by atoms with Crippen molar-refractivity contribution in [1.82, 2.24) is 19.9 Å². The molecule has 1 amide bonds. The van der Waals surface area contributed by atoms with E-state index in [0.717, 1.165) is 64.1 Å². The van der Waals surface area contributed by atoms with Gasteiger partial charge in [-0.2, -0.15) is 0 Å². The summed E-state index contributed by atoms with van der Waals surface area (Å²) in [7, 11) is 1.62. The highest BCUT2D eigenvalue weighted by Crippen LogP contribution is 2.43. The number of aliphatic imine (C=N–C) groups is 1. The minimum Gasteiger partial charge on any atom is -0.480 e. The average molecular weight is 536 g/mol. The van der Waals surface area contributed by atoms with Crippen molar-refractivity contribution < 1.29 is 14.3 Å². The first kappa shape index (κ1) is 25.8. The van der Waals surface area contributed by atoms with Crippen LogP contribution >= 0.6 is 0 Å². The zero-order valence-corrected chi connectivity index (χ0v) is 23.3. The molecule has 1 fully saturated rings. The predicted molar refractivity (Wildman–Crippen MR) is 157 cm³/mol. The van der Waals surface area contributed by atoms with Gasteiger partial charge in [0.2, 0.25) is 5.88 Å². The van der Waals surface area contributed by atoms with Crippen molar-refractivity contribution in [2.75, 3.05) is 13.7 Å². The van der Waals surface area contributed by atoms with Gasteiger partial charge in [-0.3, -0.25) is 4.99 Å². The Labute approximate surface area is 233 Å². The zero-order chi connectivity index (χ0) is 27.9. The van der Waals surface area contributed by atoms with Crippen molar-refractivity contribution in [3.8, 4) is 28.4 Å². The van der Waals surface area contributed by atoms with Crippen molar-refractivity contribution in [3.63, 3.8) is 0 Å². The van der Waals surface area contributed by atoms with E-state index in [2.05, 4.69) is 52.8 Å². The Balaban J connectivity index is 1.45. The lowest BCUT2D eigenvalue weighted by Gasteiger charge is -2.43. The number of hydrogen-bond acceptors (Lipinski definition) is 6. The smallest absolute Gasteiger partial charge is 0.408 e. The third kappa shape index (κ3) is 4.74. The van der Waals surface area contributed by atoms with Gasteiger partial charge in [-0.1, -0.05) is 60.7 Å². The molecule has 1 saturated carbocycles. The number of amides is 1. The molecule has 2 aromatic carbocycles. The summed E-state index contributed by atoms with van der Waals surface area (Å²) in [5.41, 5.74) is 6.40. The van der Waals surface area contributed by atoms with Gasteiger partial charge in [-0.25, -0.2) is 14.3 Å². The van der Waals surface area contributed by atoms with Gasteiger partial charge >= 0.3 is 6.09 Å². The maximum absolute atomic E-state index is 12.6. The van der Waals surface area contributed by atoms with E-state index in [1.807, 2.05) is 55.8 Å². The van der Waals surface area contributed by atoms with Crippen LogP contribution in [0.4, 0.5) is 4.79 Å². The number of aromatic nitrogens is 3. The fourth-order valence-electron chi connectivity index (χ4n) is 5.36. The Bertz CT molecular complexity index is 1630. The minimum absolute atomic E-state index is 0.389. The van der Waals surface area contributed by atoms with E-state index in [4.69, 9.17) is 19.6 Å². The first-order chi connectivity index (χ1) is 19.3. The number of alkyl carbamates (subject to hydrolysis) is 1. The molecule has 1 N–H and O–H groups in total. The van der Waals surface area contributed by atoms with Gasteiger partial charge in [-0.15, -0.1) is 5.10 Å². The highest BCUT2D eigenvalue weighted by atomic mass is 16.6. The SMILES string of the molecule is COc1cc(C2=CCN=C2)c2nc(-c3ccc(C4(NC(=O)OC(C)(C)C)CCC4)cc3)c(-c3ccccc3)n2n1. The van der Waals surface area contributed by atoms with Crippen LogP contribution in [0.1, 0.15) is 51.2 Å². The second kappa shape index (κ2) is 9.93. The Morgan fingerprint density at radius 2 is 1.77 bits per heavy atom. The van der Waals surface area contributed by atoms with Gasteiger partial charge in [0.25, 0.3) is 0 Å². The molecule has 1 aliphatic heterocycles. The fourth-order valence-corrected chi connectivity index (χ4v) is 5.36. The van der Waals surface area contributed by atoms with Crippen LogP contribution in [0.3, 0.4) is 0 Å². The van der Waals surface area contributed by atoms with E-state index >= 15 is 0 Å². The second-order valence-electron chi connectivity index (χ2n) is 11.3. The van der Waals surface area contributed by atoms with Crippen LogP contribution in [-0.4, -0.2) is 46.2 Å². The second-order valence-corrected chi connectivity index (χ2v) is 11.3. The molecule has 8 nitrogen and oxygen atoms in total. The largest absolute Gasteiger partial charge is 0.480 e. The van der Waals surface area contributed by atoms with E-state index in [9.17, 15) is 4.79 Å². The lowest BCUT2D eigenvalue weighted by molar-refractivity contribution is 0.0377. The molecule has 0 bridgehead atoms. The molecule has 40 heavy (non-hydrogen) atoms. The number of nitrogens with one attached hydrogen (secondary N) is 1. The van der Waals surface area contributed by atoms with Crippen LogP contribution in [0.15, 0.2) is 71.7 Å². The summed E-state index contributed by atoms with van der Waals surface area (Å²) >= 11 is 0. The number of fused-ring (bicyclic) bond motifs is 1. The topological polar surface area (TPSA) is 90.1 Å². The molecule has 0 spiro atoms. The van der Waals surface area contributed by atoms with Crippen molar-refractivity contribution in [2.45, 2.75) is 51.2 Å². The summed E-state index contributed by atoms with van der Waals surface area (Å²) in [4.78, 5) is 22.2. The van der Waals surface area contributed by atoms with Crippen LogP contribution in [0.5, 0.6) is 5.88 Å². The molecule has 0 saturated heterocycles. The van der Waals surface area contributed by atoms with E-state index < -0.39 is 11.1 Å². The van der Waals surface area contributed by atoms with Crippen LogP contribution in [0.2, 0.25) is 0 Å². The van der Waals surface area contributed by atoms with E-state index in [1.165, 1.54) is 0 Å². The molecule has 1 aliphatic carbocycles. The maximum Gasteiger partial charge on any atom is 0.408 e. The summed E-state index contributed by atoms with van der Waals surface area (Å²) in [5.74, 6) is 0.500. The van der Waals surface area contributed by atoms with Crippen LogP contribution in [-0.2, 0) is 10.3 Å². The van der Waals surface area contributed by atoms with Gasteiger partial charge in [0.1, 0.15) is 11.3 Å². The summed E-state index contributed by atoms with van der Waals surface area (Å²) in [5, 5.41) is 7.94. The van der Waals surface area contributed by atoms with Gasteiger partial charge in [0.05, 0.1) is 24.9 Å². The van der Waals surface area contributed by atoms with Gasteiger partial charge < -0.3 is 14.8 Å². The number of carbonyl (C=O) groups excluding carboxylic acids is 1. The lowest BCUT2D eigenvalue weighted by Crippen LogP contribution is -2.52. The molecule has 6 rings (SSSR count). The third-order valence-corrected chi connectivity index (χ3v) is 7.43. The first-order valence-electron chi connectivity index (χ1n) is 13.6. The molecule has 2 aromatic heterocycles. The quantitative estimate of drug-likeness (QED) is 0.307. The third-order valence-electron chi connectivity index (χ3n) is 7.43. The number of benzene rings is 2. The summed E-state index contributed by atoms with van der Waals surface area (Å²) in [6.45, 7) is 6.27. The molecule has 4 aromatic rings. The monoisotopic (exact) mass is 535 g/mol. The average Bonchev–Trinajstić information content (AvgIpc) is 3.58. The number of methoxy groups -OCH3 is 1. The molecule has 2 aliphatic rings. The molecular formula is C32H33N5O3. The number of nitrogens with zero attached hydrogens (tertiary/aromatic N) is 4. The molecule has 0 unspecified atom stereocenters. The summed E-state index contributed by atoms with van der Waals surface area (Å²) in [6, 6.07) is 20.4. The molecule has 8 heteroatoms. The molecule has 3 heterocycles. The van der Waals surface area contributed by atoms with Crippen molar-refractivity contribution in [2.24, 2.45) is 4.99 Å². The Morgan fingerprint density at radius 3 is 2.38 bits per heavy atom. The standard InChI is InChI=1S/C32H33N5O3/c1-31(2,3)40-30(38)35-32(16-8-17-32)24-13-11-21(12-14-24)27-28(22-9-6-5-7-10-22)37-29(34-27)25(19-26(36-37)39-4)23-15-18-33-20-23/h5-7,9-15,19-20H,8,16-18H2,1-4H3,(H,35,38). The predicted octanol–water partition coefficient (Wildman–Crippen LogP) is 6.44. The molecule has 204 valence electrons. The van der Waals surface area contributed by atoms with E-state index in [0.29, 0.717) is 12.4 Å². The summed E-state index contributed by atoms with van der Waals surface area (Å²) < 4.78 is 13.0. The lowest BCUT2D eigenvalue weighted by atomic mass is 9.71. The van der Waals surface area contributed by atoms with Crippen molar-refractivity contribution >= 4 is 23.5 Å². The van der Waals surface area contributed by atoms with Crippen molar-refractivity contribution in [3.05, 3.63) is 77.9 Å². The zero-order valence-electron chi connectivity index (χ0n) is 23.3. The first-order valence-corrected chi connectivity index (χ1v) is 13.6. The Hall–Kier alpha value is -4.46. The highest BCUT2D eigenvalue weighted by Gasteiger charge is 2.41. The van der Waals surface area contributed by atoms with Crippen LogP contribution < -0.4 is 10.1 Å². The number of carbonyl (C=O) groups is 1. The van der Waals surface area contributed by atoms with E-state index in [-0.39, 0.29) is 6.09 Å². The minimum atomic E-state index is -0.550. The van der Waals surface area contributed by atoms with E-state index in [1.54, 1.807) is 7.11 Å². The van der Waals surface area contributed by atoms with Crippen LogP contribution in [0, 0.1) is 0 Å². The van der Waals surface area contributed by atoms with Gasteiger partial charge in [0, 0.05) is 34.5 Å².